The summed E-state index contributed by atoms with van der Waals surface area (Å²) in [7, 11) is -2.16. The molecule has 0 aromatic heterocycles. The molecule has 0 unspecified atom stereocenters. The number of allylic oxidation sites excluding steroid dienone is 2. The molecule has 228 valence electrons. The van der Waals surface area contributed by atoms with Gasteiger partial charge in [0.15, 0.2) is 0 Å². The molecule has 0 saturated carbocycles. The number of hydrogen-bond donors (Lipinski definition) is 0. The second-order valence-corrected chi connectivity index (χ2v) is 12.1. The molecule has 8 nitrogen and oxygen atoms in total. The zero-order chi connectivity index (χ0) is 29.2. The summed E-state index contributed by atoms with van der Waals surface area (Å²) >= 11 is 0. The fourth-order valence-electron chi connectivity index (χ4n) is 4.13. The second kappa shape index (κ2) is 24.1. The Hall–Kier alpha value is -1.71. The van der Waals surface area contributed by atoms with Crippen molar-refractivity contribution in [2.24, 2.45) is 0 Å². The first-order valence-corrected chi connectivity index (χ1v) is 16.6. The van der Waals surface area contributed by atoms with E-state index in [9.17, 15) is 18.0 Å². The number of ether oxygens (including phenoxy) is 2. The van der Waals surface area contributed by atoms with E-state index in [0.29, 0.717) is 19.3 Å². The molecule has 0 radical (unpaired) electrons. The molecule has 0 aliphatic rings. The Balaban J connectivity index is 4.38. The summed E-state index contributed by atoms with van der Waals surface area (Å²) in [5.74, 6) is -0.699. The van der Waals surface area contributed by atoms with Gasteiger partial charge in [0.1, 0.15) is 33.4 Å². The average Bonchev–Trinajstić information content (AvgIpc) is 2.86. The second-order valence-electron chi connectivity index (χ2n) is 10.4. The molecule has 0 aromatic rings. The van der Waals surface area contributed by atoms with Gasteiger partial charge in [-0.1, -0.05) is 74.7 Å². The Labute approximate surface area is 238 Å². The number of likely N-dealkylation sites (N-methyl/N-ethyl adjacent to an activating group) is 1. The van der Waals surface area contributed by atoms with Crippen LogP contribution in [-0.2, 0) is 33.5 Å². The SMILES string of the molecule is C=CCCCCCCCCC(=O)OCC[N+](C)(CCOC(=O)CCCCCCCCC=C)OS(=O)(=O)CCC. The van der Waals surface area contributed by atoms with Gasteiger partial charge in [0, 0.05) is 12.8 Å². The van der Waals surface area contributed by atoms with E-state index in [1.807, 2.05) is 12.2 Å². The minimum Gasteiger partial charge on any atom is -0.460 e. The lowest BCUT2D eigenvalue weighted by Crippen LogP contribution is -2.50. The number of hydrogen-bond acceptors (Lipinski definition) is 7. The Morgan fingerprint density at radius 2 is 1.08 bits per heavy atom. The molecule has 0 spiro atoms. The molecular weight excluding hydrogens is 518 g/mol. The number of nitrogens with zero attached hydrogens (tertiary/aromatic N) is 1. The van der Waals surface area contributed by atoms with Gasteiger partial charge in [-0.15, -0.1) is 13.2 Å². The molecule has 0 aliphatic heterocycles. The van der Waals surface area contributed by atoms with Crippen molar-refractivity contribution in [1.29, 1.82) is 0 Å². The zero-order valence-corrected chi connectivity index (χ0v) is 25.7. The van der Waals surface area contributed by atoms with Gasteiger partial charge in [0.25, 0.3) is 0 Å². The summed E-state index contributed by atoms with van der Waals surface area (Å²) in [6.07, 6.45) is 19.8. The number of carbonyl (C=O) groups excluding carboxylic acids is 2. The van der Waals surface area contributed by atoms with Crippen LogP contribution in [0.4, 0.5) is 0 Å². The smallest absolute Gasteiger partial charge is 0.314 e. The van der Waals surface area contributed by atoms with E-state index in [1.165, 1.54) is 12.8 Å². The first kappa shape index (κ1) is 37.3. The summed E-state index contributed by atoms with van der Waals surface area (Å²) in [4.78, 5) is 24.3. The molecule has 0 heterocycles. The van der Waals surface area contributed by atoms with Gasteiger partial charge in [0.2, 0.25) is 0 Å². The van der Waals surface area contributed by atoms with Gasteiger partial charge in [-0.25, -0.2) is 0 Å². The van der Waals surface area contributed by atoms with Crippen LogP contribution >= 0.6 is 0 Å². The largest absolute Gasteiger partial charge is 0.460 e. The van der Waals surface area contributed by atoms with Crippen molar-refractivity contribution < 1.29 is 36.4 Å². The average molecular weight is 575 g/mol. The third-order valence-corrected chi connectivity index (χ3v) is 7.98. The highest BCUT2D eigenvalue weighted by molar-refractivity contribution is 7.86. The van der Waals surface area contributed by atoms with Gasteiger partial charge in [0.05, 0.1) is 5.75 Å². The van der Waals surface area contributed by atoms with Crippen LogP contribution in [0.2, 0.25) is 0 Å². The topological polar surface area (TPSA) is 96.0 Å². The van der Waals surface area contributed by atoms with Crippen LogP contribution in [-0.4, -0.2) is 64.1 Å². The van der Waals surface area contributed by atoms with Crippen LogP contribution in [0.5, 0.6) is 0 Å². The molecule has 39 heavy (non-hydrogen) atoms. The molecule has 0 saturated heterocycles. The van der Waals surface area contributed by atoms with Crippen molar-refractivity contribution >= 4 is 22.1 Å². The molecular formula is C30H56NO7S+. The van der Waals surface area contributed by atoms with Gasteiger partial charge in [-0.2, -0.15) is 13.1 Å². The minimum absolute atomic E-state index is 0.0271. The standard InChI is InChI=1S/C30H56NO7S/c1-5-8-10-12-14-16-18-20-22-29(32)36-26-24-31(4,38-39(34,35)28-7-3)25-27-37-30(33)23-21-19-17-15-13-11-9-6-2/h5-6H,1-2,7-28H2,3-4H3/q+1. The van der Waals surface area contributed by atoms with Crippen molar-refractivity contribution in [3.63, 3.8) is 0 Å². The van der Waals surface area contributed by atoms with E-state index in [2.05, 4.69) is 13.2 Å². The van der Waals surface area contributed by atoms with Crippen LogP contribution in [0.3, 0.4) is 0 Å². The van der Waals surface area contributed by atoms with Gasteiger partial charge in [-0.3, -0.25) is 9.59 Å². The quantitative estimate of drug-likeness (QED) is 0.0333. The monoisotopic (exact) mass is 574 g/mol. The number of esters is 2. The highest BCUT2D eigenvalue weighted by Crippen LogP contribution is 2.13. The van der Waals surface area contributed by atoms with Crippen molar-refractivity contribution in [2.75, 3.05) is 39.1 Å². The summed E-state index contributed by atoms with van der Waals surface area (Å²) in [5, 5.41) is 0. The molecule has 0 amide bonds. The summed E-state index contributed by atoms with van der Waals surface area (Å²) in [6, 6.07) is 0. The molecule has 0 aliphatic carbocycles. The van der Waals surface area contributed by atoms with Crippen LogP contribution in [0.15, 0.2) is 25.3 Å². The van der Waals surface area contributed by atoms with E-state index in [1.54, 1.807) is 14.0 Å². The van der Waals surface area contributed by atoms with Crippen molar-refractivity contribution in [3.05, 3.63) is 25.3 Å². The number of carbonyl (C=O) groups is 2. The fraction of sp³-hybridized carbons (Fsp3) is 0.800. The molecule has 0 aromatic carbocycles. The molecule has 0 atom stereocenters. The van der Waals surface area contributed by atoms with E-state index in [0.717, 1.165) is 77.0 Å². The van der Waals surface area contributed by atoms with Crippen molar-refractivity contribution in [3.8, 4) is 0 Å². The van der Waals surface area contributed by atoms with E-state index in [-0.39, 0.29) is 48.6 Å². The lowest BCUT2D eigenvalue weighted by Gasteiger charge is -2.29. The third kappa shape index (κ3) is 23.9. The molecule has 0 rings (SSSR count). The van der Waals surface area contributed by atoms with Crippen molar-refractivity contribution in [1.82, 2.24) is 0 Å². The molecule has 9 heteroatoms. The normalized spacial score (nSPS) is 11.7. The number of unbranched alkanes of at least 4 members (excludes halogenated alkanes) is 12. The molecule has 0 N–H and O–H groups in total. The number of quaternary nitrogens is 1. The number of hydroxylamine groups is 3. The summed E-state index contributed by atoms with van der Waals surface area (Å²) in [5.41, 5.74) is 0. The highest BCUT2D eigenvalue weighted by Gasteiger charge is 2.32. The maximum atomic E-state index is 12.3. The predicted molar refractivity (Wildman–Crippen MR) is 157 cm³/mol. The van der Waals surface area contributed by atoms with Crippen LogP contribution in [0.1, 0.15) is 116 Å². The van der Waals surface area contributed by atoms with Crippen molar-refractivity contribution in [2.45, 2.75) is 116 Å². The van der Waals surface area contributed by atoms with Crippen LogP contribution in [0.25, 0.3) is 0 Å². The minimum atomic E-state index is -3.77. The number of rotatable bonds is 28. The zero-order valence-electron chi connectivity index (χ0n) is 24.8. The first-order valence-electron chi connectivity index (χ1n) is 15.0. The summed E-state index contributed by atoms with van der Waals surface area (Å²) in [6.45, 7) is 9.55. The fourth-order valence-corrected chi connectivity index (χ4v) is 5.40. The Morgan fingerprint density at radius 3 is 1.46 bits per heavy atom. The molecule has 0 fully saturated rings. The van der Waals surface area contributed by atoms with E-state index >= 15 is 0 Å². The van der Waals surface area contributed by atoms with E-state index < -0.39 is 10.1 Å². The Kier molecular flexibility index (Phi) is 23.1. The van der Waals surface area contributed by atoms with Gasteiger partial charge >= 0.3 is 22.1 Å². The maximum absolute atomic E-state index is 12.3. The lowest BCUT2D eigenvalue weighted by molar-refractivity contribution is -1.06. The molecule has 0 bridgehead atoms. The lowest BCUT2D eigenvalue weighted by atomic mass is 10.1. The van der Waals surface area contributed by atoms with Gasteiger partial charge < -0.3 is 9.47 Å². The van der Waals surface area contributed by atoms with E-state index in [4.69, 9.17) is 13.8 Å². The van der Waals surface area contributed by atoms with Crippen LogP contribution in [0, 0.1) is 0 Å². The Bertz CT molecular complexity index is 725. The van der Waals surface area contributed by atoms with Crippen LogP contribution < -0.4 is 0 Å². The summed E-state index contributed by atoms with van der Waals surface area (Å²) < 4.78 is 40.5. The predicted octanol–water partition coefficient (Wildman–Crippen LogP) is 6.80. The Morgan fingerprint density at radius 1 is 0.692 bits per heavy atom. The first-order chi connectivity index (χ1) is 18.7. The third-order valence-electron chi connectivity index (χ3n) is 6.48. The van der Waals surface area contributed by atoms with Gasteiger partial charge in [-0.05, 0) is 44.9 Å². The highest BCUT2D eigenvalue weighted by atomic mass is 32.2. The maximum Gasteiger partial charge on any atom is 0.314 e.